The van der Waals surface area contributed by atoms with Gasteiger partial charge in [0.2, 0.25) is 5.88 Å². The Bertz CT molecular complexity index is 826. The quantitative estimate of drug-likeness (QED) is 0.782. The molecule has 1 N–H and O–H groups in total. The van der Waals surface area contributed by atoms with Crippen LogP contribution in [-0.2, 0) is 4.74 Å². The van der Waals surface area contributed by atoms with Gasteiger partial charge in [-0.1, -0.05) is 0 Å². The van der Waals surface area contributed by atoms with Gasteiger partial charge in [-0.3, -0.25) is 0 Å². The third-order valence-electron chi connectivity index (χ3n) is 3.90. The molecule has 0 aromatic carbocycles. The average molecular weight is 326 g/mol. The summed E-state index contributed by atoms with van der Waals surface area (Å²) in [4.78, 5) is 10.8. The second-order valence-electron chi connectivity index (χ2n) is 5.42. The predicted molar refractivity (Wildman–Crippen MR) is 90.1 cm³/mol. The molecule has 1 saturated heterocycles. The van der Waals surface area contributed by atoms with E-state index < -0.39 is 0 Å². The molecule has 0 atom stereocenters. The van der Waals surface area contributed by atoms with E-state index in [2.05, 4.69) is 20.2 Å². The SMILES string of the molecule is COc1ccc(Nc2cnc3ccc(N4CCOCC4)nn23)cn1. The first-order valence-corrected chi connectivity index (χ1v) is 7.78. The first kappa shape index (κ1) is 14.7. The average Bonchev–Trinajstić information content (AvgIpc) is 3.05. The molecule has 0 amide bonds. The van der Waals surface area contributed by atoms with Gasteiger partial charge in [0.05, 0.1) is 38.4 Å². The van der Waals surface area contributed by atoms with Crippen molar-refractivity contribution < 1.29 is 9.47 Å². The molecule has 0 bridgehead atoms. The highest BCUT2D eigenvalue weighted by atomic mass is 16.5. The van der Waals surface area contributed by atoms with Gasteiger partial charge >= 0.3 is 0 Å². The molecular formula is C16H18N6O2. The molecule has 0 saturated carbocycles. The van der Waals surface area contributed by atoms with Gasteiger partial charge in [0.1, 0.15) is 5.82 Å². The Kier molecular flexibility index (Phi) is 3.87. The summed E-state index contributed by atoms with van der Waals surface area (Å²) in [6, 6.07) is 7.66. The second kappa shape index (κ2) is 6.32. The maximum absolute atomic E-state index is 5.40. The Hall–Kier alpha value is -2.87. The maximum Gasteiger partial charge on any atom is 0.213 e. The van der Waals surface area contributed by atoms with Gasteiger partial charge in [-0.25, -0.2) is 9.97 Å². The number of methoxy groups -OCH3 is 1. The number of hydrogen-bond donors (Lipinski definition) is 1. The molecule has 3 aromatic rings. The van der Waals surface area contributed by atoms with Gasteiger partial charge in [-0.05, 0) is 18.2 Å². The lowest BCUT2D eigenvalue weighted by Gasteiger charge is -2.27. The zero-order valence-corrected chi connectivity index (χ0v) is 13.3. The van der Waals surface area contributed by atoms with Crippen LogP contribution in [0.2, 0.25) is 0 Å². The summed E-state index contributed by atoms with van der Waals surface area (Å²) in [6.07, 6.45) is 3.47. The molecule has 0 unspecified atom stereocenters. The number of aromatic nitrogens is 4. The van der Waals surface area contributed by atoms with E-state index in [1.54, 1.807) is 30.1 Å². The summed E-state index contributed by atoms with van der Waals surface area (Å²) in [5.41, 5.74) is 1.63. The highest BCUT2D eigenvalue weighted by Gasteiger charge is 2.14. The molecule has 1 fully saturated rings. The highest BCUT2D eigenvalue weighted by molar-refractivity contribution is 5.60. The molecule has 1 aliphatic rings. The van der Waals surface area contributed by atoms with E-state index in [-0.39, 0.29) is 0 Å². The van der Waals surface area contributed by atoms with E-state index in [9.17, 15) is 0 Å². The number of pyridine rings is 1. The van der Waals surface area contributed by atoms with E-state index in [4.69, 9.17) is 14.6 Å². The van der Waals surface area contributed by atoms with E-state index in [1.807, 2.05) is 18.2 Å². The number of nitrogens with one attached hydrogen (secondary N) is 1. The smallest absolute Gasteiger partial charge is 0.213 e. The van der Waals surface area contributed by atoms with Crippen LogP contribution < -0.4 is 15.0 Å². The fourth-order valence-electron chi connectivity index (χ4n) is 2.63. The number of ether oxygens (including phenoxy) is 2. The van der Waals surface area contributed by atoms with E-state index in [0.717, 1.165) is 49.3 Å². The molecule has 3 aromatic heterocycles. The van der Waals surface area contributed by atoms with Crippen molar-refractivity contribution in [3.05, 3.63) is 36.7 Å². The van der Waals surface area contributed by atoms with Gasteiger partial charge in [0.25, 0.3) is 0 Å². The van der Waals surface area contributed by atoms with E-state index >= 15 is 0 Å². The summed E-state index contributed by atoms with van der Waals surface area (Å²) >= 11 is 0. The monoisotopic (exact) mass is 326 g/mol. The predicted octanol–water partition coefficient (Wildman–Crippen LogP) is 1.71. The van der Waals surface area contributed by atoms with Crippen molar-refractivity contribution in [3.8, 4) is 5.88 Å². The minimum Gasteiger partial charge on any atom is -0.481 e. The molecule has 4 heterocycles. The summed E-state index contributed by atoms with van der Waals surface area (Å²) in [7, 11) is 1.59. The second-order valence-corrected chi connectivity index (χ2v) is 5.42. The lowest BCUT2D eigenvalue weighted by Crippen LogP contribution is -2.37. The van der Waals surface area contributed by atoms with Crippen molar-refractivity contribution in [2.24, 2.45) is 0 Å². The van der Waals surface area contributed by atoms with Crippen LogP contribution >= 0.6 is 0 Å². The molecular weight excluding hydrogens is 308 g/mol. The minimum absolute atomic E-state index is 0.575. The van der Waals surface area contributed by atoms with Crippen LogP contribution in [0.1, 0.15) is 0 Å². The Morgan fingerprint density at radius 1 is 1.08 bits per heavy atom. The Morgan fingerprint density at radius 2 is 1.96 bits per heavy atom. The normalized spacial score (nSPS) is 14.8. The molecule has 124 valence electrons. The molecule has 0 aliphatic carbocycles. The number of morpholine rings is 1. The van der Waals surface area contributed by atoms with Crippen molar-refractivity contribution in [3.63, 3.8) is 0 Å². The topological polar surface area (TPSA) is 76.8 Å². The molecule has 1 aliphatic heterocycles. The fraction of sp³-hybridized carbons (Fsp3) is 0.312. The first-order valence-electron chi connectivity index (χ1n) is 7.78. The van der Waals surface area contributed by atoms with Crippen molar-refractivity contribution in [1.29, 1.82) is 0 Å². The molecule has 0 radical (unpaired) electrons. The maximum atomic E-state index is 5.40. The van der Waals surface area contributed by atoms with Gasteiger partial charge in [0.15, 0.2) is 11.5 Å². The lowest BCUT2D eigenvalue weighted by atomic mass is 10.4. The summed E-state index contributed by atoms with van der Waals surface area (Å²) < 4.78 is 12.3. The van der Waals surface area contributed by atoms with Crippen LogP contribution in [0.4, 0.5) is 17.3 Å². The standard InChI is InChI=1S/C16H18N6O2/c1-23-16-5-2-12(10-18-16)19-15-11-17-13-3-4-14(20-22(13)15)21-6-8-24-9-7-21/h2-5,10-11,19H,6-9H2,1H3. The van der Waals surface area contributed by atoms with Crippen LogP contribution in [0.5, 0.6) is 5.88 Å². The number of imidazole rings is 1. The number of fused-ring (bicyclic) bond motifs is 1. The Labute approximate surface area is 139 Å². The van der Waals surface area contributed by atoms with Crippen molar-refractivity contribution in [2.45, 2.75) is 0 Å². The zero-order valence-electron chi connectivity index (χ0n) is 13.3. The van der Waals surface area contributed by atoms with Crippen molar-refractivity contribution in [1.82, 2.24) is 19.6 Å². The van der Waals surface area contributed by atoms with Crippen molar-refractivity contribution in [2.75, 3.05) is 43.6 Å². The van der Waals surface area contributed by atoms with Crippen molar-refractivity contribution >= 4 is 23.0 Å². The molecule has 8 nitrogen and oxygen atoms in total. The Morgan fingerprint density at radius 3 is 2.71 bits per heavy atom. The summed E-state index contributed by atoms with van der Waals surface area (Å²) in [5.74, 6) is 2.28. The Balaban J connectivity index is 1.62. The summed E-state index contributed by atoms with van der Waals surface area (Å²) in [6.45, 7) is 3.15. The summed E-state index contributed by atoms with van der Waals surface area (Å²) in [5, 5.41) is 7.99. The van der Waals surface area contributed by atoms with Crippen LogP contribution in [0.25, 0.3) is 5.65 Å². The van der Waals surface area contributed by atoms with E-state index in [1.165, 1.54) is 0 Å². The molecule has 4 rings (SSSR count). The number of rotatable bonds is 4. The molecule has 0 spiro atoms. The van der Waals surface area contributed by atoms with Gasteiger partial charge < -0.3 is 19.7 Å². The molecule has 8 heteroatoms. The minimum atomic E-state index is 0.575. The zero-order chi connectivity index (χ0) is 16.4. The van der Waals surface area contributed by atoms with Crippen LogP contribution in [-0.4, -0.2) is 53.0 Å². The number of hydrogen-bond acceptors (Lipinski definition) is 7. The fourth-order valence-corrected chi connectivity index (χ4v) is 2.63. The lowest BCUT2D eigenvalue weighted by molar-refractivity contribution is 0.122. The van der Waals surface area contributed by atoms with Gasteiger partial charge in [0, 0.05) is 19.2 Å². The van der Waals surface area contributed by atoms with Crippen LogP contribution in [0.3, 0.4) is 0 Å². The molecule has 24 heavy (non-hydrogen) atoms. The van der Waals surface area contributed by atoms with Gasteiger partial charge in [-0.15, -0.1) is 5.10 Å². The first-order chi connectivity index (χ1) is 11.8. The van der Waals surface area contributed by atoms with Gasteiger partial charge in [-0.2, -0.15) is 4.52 Å². The third-order valence-corrected chi connectivity index (χ3v) is 3.90. The van der Waals surface area contributed by atoms with Crippen LogP contribution in [0, 0.1) is 0 Å². The number of anilines is 3. The van der Waals surface area contributed by atoms with Crippen LogP contribution in [0.15, 0.2) is 36.7 Å². The largest absolute Gasteiger partial charge is 0.481 e. The highest BCUT2D eigenvalue weighted by Crippen LogP contribution is 2.20. The third kappa shape index (κ3) is 2.83. The number of nitrogens with zero attached hydrogens (tertiary/aromatic N) is 5. The van der Waals surface area contributed by atoms with E-state index in [0.29, 0.717) is 5.88 Å².